The number of halogens is 2. The first kappa shape index (κ1) is 30.4. The molecule has 0 saturated carbocycles. The van der Waals surface area contributed by atoms with Crippen LogP contribution in [0.2, 0.25) is 10.0 Å². The second-order valence-corrected chi connectivity index (χ2v) is 13.1. The number of fused-ring (bicyclic) bond motifs is 4. The molecule has 3 aromatic heterocycles. The second kappa shape index (κ2) is 11.5. The highest BCUT2D eigenvalue weighted by Crippen LogP contribution is 2.45. The summed E-state index contributed by atoms with van der Waals surface area (Å²) in [5.74, 6) is 0.730. The topological polar surface area (TPSA) is 78.3 Å². The Morgan fingerprint density at radius 1 is 1.02 bits per heavy atom. The van der Waals surface area contributed by atoms with Crippen LogP contribution in [0.15, 0.2) is 53.2 Å². The lowest BCUT2D eigenvalue weighted by atomic mass is 9.98. The first-order valence-electron chi connectivity index (χ1n) is 15.5. The molecule has 8 nitrogen and oxygen atoms in total. The minimum Gasteiger partial charge on any atom is -0.494 e. The number of rotatable bonds is 7. The molecule has 0 fully saturated rings. The van der Waals surface area contributed by atoms with Crippen molar-refractivity contribution in [2.75, 3.05) is 18.1 Å². The summed E-state index contributed by atoms with van der Waals surface area (Å²) in [6.07, 6.45) is 3.03. The van der Waals surface area contributed by atoms with E-state index in [2.05, 4.69) is 29.6 Å². The van der Waals surface area contributed by atoms with E-state index in [0.717, 1.165) is 72.0 Å². The Morgan fingerprint density at radius 2 is 1.78 bits per heavy atom. The first-order valence-corrected chi connectivity index (χ1v) is 16.2. The Labute approximate surface area is 277 Å². The van der Waals surface area contributed by atoms with Gasteiger partial charge in [0, 0.05) is 64.0 Å². The van der Waals surface area contributed by atoms with Crippen molar-refractivity contribution in [3.8, 4) is 16.9 Å². The van der Waals surface area contributed by atoms with Crippen molar-refractivity contribution < 1.29 is 14.1 Å². The lowest BCUT2D eigenvalue weighted by Gasteiger charge is -2.34. The molecule has 3 aromatic carbocycles. The standard InChI is InChI=1S/C36H35Cl2N5O3/c1-19-14-26(15-20(2)33(19)38)45-13-7-8-27-28-11-12-29(37)32(31-22(4)40-41(6)23(31)5)34(28)43-21(3)18-42(36(44)35(27)43)25-10-9-24-17-39-46-30(24)16-25/h9-12,14-17,21H,7-8,13,18H2,1-6H3. The summed E-state index contributed by atoms with van der Waals surface area (Å²) in [6, 6.07) is 13.7. The molecule has 7 rings (SSSR count). The van der Waals surface area contributed by atoms with Gasteiger partial charge in [0.15, 0.2) is 5.58 Å². The van der Waals surface area contributed by atoms with Gasteiger partial charge in [0.05, 0.1) is 29.0 Å². The van der Waals surface area contributed by atoms with E-state index in [0.29, 0.717) is 42.3 Å². The summed E-state index contributed by atoms with van der Waals surface area (Å²) in [5, 5.41) is 11.9. The van der Waals surface area contributed by atoms with E-state index in [-0.39, 0.29) is 11.9 Å². The first-order chi connectivity index (χ1) is 22.0. The Balaban J connectivity index is 1.35. The van der Waals surface area contributed by atoms with Gasteiger partial charge in [0.2, 0.25) is 0 Å². The van der Waals surface area contributed by atoms with Crippen LogP contribution in [0, 0.1) is 27.7 Å². The molecular formula is C36H35Cl2N5O3. The number of carbonyl (C=O) groups is 1. The minimum atomic E-state index is -0.0604. The normalized spacial score (nSPS) is 14.9. The number of aromatic nitrogens is 4. The van der Waals surface area contributed by atoms with Crippen LogP contribution in [-0.4, -0.2) is 38.6 Å². The third-order valence-corrected chi connectivity index (χ3v) is 10.1. The summed E-state index contributed by atoms with van der Waals surface area (Å²) in [4.78, 5) is 16.5. The number of hydrogen-bond acceptors (Lipinski definition) is 5. The molecule has 1 unspecified atom stereocenters. The van der Waals surface area contributed by atoms with Gasteiger partial charge in [-0.25, -0.2) is 0 Å². The van der Waals surface area contributed by atoms with Gasteiger partial charge in [0.25, 0.3) is 5.91 Å². The number of anilines is 1. The Hall–Kier alpha value is -4.27. The highest BCUT2D eigenvalue weighted by Gasteiger charge is 2.37. The van der Waals surface area contributed by atoms with Crippen LogP contribution in [0.4, 0.5) is 5.69 Å². The average molecular weight is 657 g/mol. The second-order valence-electron chi connectivity index (χ2n) is 12.3. The average Bonchev–Trinajstić information content (AvgIpc) is 3.70. The van der Waals surface area contributed by atoms with E-state index in [1.54, 1.807) is 6.20 Å². The van der Waals surface area contributed by atoms with Gasteiger partial charge in [-0.15, -0.1) is 0 Å². The Morgan fingerprint density at radius 3 is 2.50 bits per heavy atom. The molecule has 0 spiro atoms. The molecule has 10 heteroatoms. The molecule has 1 aliphatic heterocycles. The number of benzene rings is 3. The maximum atomic E-state index is 14.6. The summed E-state index contributed by atoms with van der Waals surface area (Å²) in [7, 11) is 1.94. The zero-order valence-electron chi connectivity index (χ0n) is 26.7. The van der Waals surface area contributed by atoms with E-state index in [1.165, 1.54) is 0 Å². The van der Waals surface area contributed by atoms with Crippen LogP contribution in [0.25, 0.3) is 33.0 Å². The summed E-state index contributed by atoms with van der Waals surface area (Å²) < 4.78 is 15.7. The van der Waals surface area contributed by atoms with Crippen molar-refractivity contribution in [3.63, 3.8) is 0 Å². The zero-order valence-corrected chi connectivity index (χ0v) is 28.3. The van der Waals surface area contributed by atoms with E-state index in [4.69, 9.17) is 37.6 Å². The molecule has 0 saturated heterocycles. The fourth-order valence-corrected chi connectivity index (χ4v) is 7.32. The predicted octanol–water partition coefficient (Wildman–Crippen LogP) is 8.96. The molecule has 0 bridgehead atoms. The molecule has 1 aliphatic rings. The van der Waals surface area contributed by atoms with Gasteiger partial charge in [-0.3, -0.25) is 9.48 Å². The quantitative estimate of drug-likeness (QED) is 0.160. The number of hydrogen-bond donors (Lipinski definition) is 0. The van der Waals surface area contributed by atoms with Crippen molar-refractivity contribution in [1.29, 1.82) is 0 Å². The maximum Gasteiger partial charge on any atom is 0.275 e. The summed E-state index contributed by atoms with van der Waals surface area (Å²) in [5.41, 5.74) is 9.84. The predicted molar refractivity (Wildman–Crippen MR) is 184 cm³/mol. The zero-order chi connectivity index (χ0) is 32.4. The fourth-order valence-electron chi connectivity index (χ4n) is 6.97. The fraction of sp³-hybridized carbons (Fsp3) is 0.306. The van der Waals surface area contributed by atoms with Crippen molar-refractivity contribution in [1.82, 2.24) is 19.5 Å². The van der Waals surface area contributed by atoms with Crippen LogP contribution in [0.5, 0.6) is 5.75 Å². The van der Waals surface area contributed by atoms with Gasteiger partial charge in [0.1, 0.15) is 11.4 Å². The molecule has 6 aromatic rings. The molecule has 46 heavy (non-hydrogen) atoms. The Bertz CT molecular complexity index is 2150. The summed E-state index contributed by atoms with van der Waals surface area (Å²) >= 11 is 13.4. The largest absolute Gasteiger partial charge is 0.494 e. The molecule has 0 N–H and O–H groups in total. The van der Waals surface area contributed by atoms with Crippen LogP contribution >= 0.6 is 23.2 Å². The van der Waals surface area contributed by atoms with Gasteiger partial charge in [-0.2, -0.15) is 5.10 Å². The lowest BCUT2D eigenvalue weighted by Crippen LogP contribution is -2.42. The third-order valence-electron chi connectivity index (χ3n) is 9.22. The third kappa shape index (κ3) is 4.86. The molecule has 0 radical (unpaired) electrons. The van der Waals surface area contributed by atoms with E-state index in [9.17, 15) is 4.79 Å². The molecule has 236 valence electrons. The van der Waals surface area contributed by atoms with E-state index < -0.39 is 0 Å². The molecule has 0 aliphatic carbocycles. The van der Waals surface area contributed by atoms with Gasteiger partial charge in [-0.1, -0.05) is 34.4 Å². The number of aryl methyl sites for hydroxylation is 5. The van der Waals surface area contributed by atoms with Crippen LogP contribution in [0.3, 0.4) is 0 Å². The molecule has 1 atom stereocenters. The minimum absolute atomic E-state index is 0.0415. The monoisotopic (exact) mass is 655 g/mol. The molecule has 1 amide bonds. The van der Waals surface area contributed by atoms with Crippen molar-refractivity contribution in [3.05, 3.63) is 92.5 Å². The lowest BCUT2D eigenvalue weighted by molar-refractivity contribution is 0.0957. The van der Waals surface area contributed by atoms with Crippen LogP contribution in [0.1, 0.15) is 58.0 Å². The molecule has 4 heterocycles. The smallest absolute Gasteiger partial charge is 0.275 e. The van der Waals surface area contributed by atoms with Crippen LogP contribution in [-0.2, 0) is 13.5 Å². The van der Waals surface area contributed by atoms with Gasteiger partial charge in [-0.05, 0) is 94.5 Å². The van der Waals surface area contributed by atoms with Crippen molar-refractivity contribution in [2.45, 2.75) is 53.5 Å². The van der Waals surface area contributed by atoms with E-state index >= 15 is 0 Å². The van der Waals surface area contributed by atoms with Crippen LogP contribution < -0.4 is 9.64 Å². The summed E-state index contributed by atoms with van der Waals surface area (Å²) in [6.45, 7) is 11.2. The number of ether oxygens (including phenoxy) is 1. The highest BCUT2D eigenvalue weighted by atomic mass is 35.5. The number of nitrogens with zero attached hydrogens (tertiary/aromatic N) is 5. The van der Waals surface area contributed by atoms with Gasteiger partial charge >= 0.3 is 0 Å². The van der Waals surface area contributed by atoms with Crippen molar-refractivity contribution >= 4 is 56.7 Å². The van der Waals surface area contributed by atoms with Crippen molar-refractivity contribution in [2.24, 2.45) is 7.05 Å². The maximum absolute atomic E-state index is 14.6. The Kier molecular flexibility index (Phi) is 7.60. The highest BCUT2D eigenvalue weighted by molar-refractivity contribution is 6.35. The molecular weight excluding hydrogens is 621 g/mol. The number of amides is 1. The van der Waals surface area contributed by atoms with E-state index in [1.807, 2.05) is 73.8 Å². The SMILES string of the molecule is Cc1cc(OCCCc2c3n(c4c(-c5c(C)nn(C)c5C)c(Cl)ccc24)C(C)CN(c2ccc4cnoc4c2)C3=O)cc(C)c1Cl. The number of carbonyl (C=O) groups excluding carboxylic acids is 1. The van der Waals surface area contributed by atoms with Gasteiger partial charge < -0.3 is 18.7 Å².